The second kappa shape index (κ2) is 5.18. The number of benzene rings is 1. The van der Waals surface area contributed by atoms with Crippen molar-refractivity contribution in [1.82, 2.24) is 4.31 Å². The maximum Gasteiger partial charge on any atom is 0.324 e. The number of esters is 1. The van der Waals surface area contributed by atoms with Crippen molar-refractivity contribution in [3.8, 4) is 0 Å². The molecule has 1 aromatic carbocycles. The fourth-order valence-corrected chi connectivity index (χ4v) is 3.82. The first kappa shape index (κ1) is 13.8. The molecule has 0 aliphatic carbocycles. The number of carbonyl (C=O) groups excluding carboxylic acids is 1. The molecule has 1 aromatic rings. The number of ether oxygens (including phenoxy) is 1. The van der Waals surface area contributed by atoms with Crippen LogP contribution in [0.1, 0.15) is 12.8 Å². The molecule has 1 fully saturated rings. The van der Waals surface area contributed by atoms with E-state index in [9.17, 15) is 13.2 Å². The topological polar surface area (TPSA) is 89.7 Å². The van der Waals surface area contributed by atoms with Crippen molar-refractivity contribution < 1.29 is 17.9 Å². The maximum absolute atomic E-state index is 12.5. The zero-order chi connectivity index (χ0) is 14.0. The van der Waals surface area contributed by atoms with E-state index in [1.54, 1.807) is 0 Å². The van der Waals surface area contributed by atoms with Crippen molar-refractivity contribution in [3.63, 3.8) is 0 Å². The summed E-state index contributed by atoms with van der Waals surface area (Å²) in [5, 5.41) is 0. The van der Waals surface area contributed by atoms with Gasteiger partial charge in [-0.15, -0.1) is 0 Å². The summed E-state index contributed by atoms with van der Waals surface area (Å²) in [7, 11) is -2.42. The van der Waals surface area contributed by atoms with E-state index in [-0.39, 0.29) is 4.90 Å². The molecular weight excluding hydrogens is 268 g/mol. The van der Waals surface area contributed by atoms with Crippen LogP contribution in [0.15, 0.2) is 29.2 Å². The fraction of sp³-hybridized carbons (Fsp3) is 0.417. The zero-order valence-corrected chi connectivity index (χ0v) is 11.4. The average Bonchev–Trinajstić information content (AvgIpc) is 2.88. The lowest BCUT2D eigenvalue weighted by Gasteiger charge is -2.22. The molecule has 6 nitrogen and oxygen atoms in total. The van der Waals surface area contributed by atoms with Gasteiger partial charge in [0, 0.05) is 12.2 Å². The molecule has 1 aliphatic heterocycles. The van der Waals surface area contributed by atoms with E-state index < -0.39 is 22.0 Å². The molecule has 2 rings (SSSR count). The highest BCUT2D eigenvalue weighted by molar-refractivity contribution is 7.89. The summed E-state index contributed by atoms with van der Waals surface area (Å²) >= 11 is 0. The summed E-state index contributed by atoms with van der Waals surface area (Å²) in [4.78, 5) is 11.7. The summed E-state index contributed by atoms with van der Waals surface area (Å²) in [5.74, 6) is -0.517. The van der Waals surface area contributed by atoms with Gasteiger partial charge in [0.25, 0.3) is 0 Å². The van der Waals surface area contributed by atoms with Gasteiger partial charge in [-0.05, 0) is 37.1 Å². The number of methoxy groups -OCH3 is 1. The standard InChI is InChI=1S/C12H16N2O4S/c1-18-12(15)11-3-2-8-14(11)19(16,17)10-6-4-9(13)5-7-10/h4-7,11H,2-3,8,13H2,1H3/t11-/m1/s1. The second-order valence-corrected chi connectivity index (χ2v) is 6.26. The Labute approximate surface area is 112 Å². The number of carbonyl (C=O) groups is 1. The summed E-state index contributed by atoms with van der Waals surface area (Å²) in [5.41, 5.74) is 6.03. The van der Waals surface area contributed by atoms with Crippen LogP contribution in [0.25, 0.3) is 0 Å². The Morgan fingerprint density at radius 3 is 2.58 bits per heavy atom. The normalized spacial score (nSPS) is 20.4. The molecule has 0 aromatic heterocycles. The molecule has 0 spiro atoms. The largest absolute Gasteiger partial charge is 0.468 e. The molecule has 7 heteroatoms. The smallest absolute Gasteiger partial charge is 0.324 e. The Morgan fingerprint density at radius 2 is 2.00 bits per heavy atom. The molecule has 19 heavy (non-hydrogen) atoms. The Bertz CT molecular complexity index is 568. The van der Waals surface area contributed by atoms with Gasteiger partial charge in [-0.25, -0.2) is 8.42 Å². The maximum atomic E-state index is 12.5. The lowest BCUT2D eigenvalue weighted by Crippen LogP contribution is -2.40. The SMILES string of the molecule is COC(=O)[C@H]1CCCN1S(=O)(=O)c1ccc(N)cc1. The number of nitrogen functional groups attached to an aromatic ring is 1. The van der Waals surface area contributed by atoms with E-state index in [0.29, 0.717) is 25.1 Å². The van der Waals surface area contributed by atoms with E-state index in [2.05, 4.69) is 4.74 Å². The van der Waals surface area contributed by atoms with Crippen LogP contribution < -0.4 is 5.73 Å². The van der Waals surface area contributed by atoms with Gasteiger partial charge in [0.2, 0.25) is 10.0 Å². The third-order valence-corrected chi connectivity index (χ3v) is 5.09. The number of nitrogens with two attached hydrogens (primary N) is 1. The van der Waals surface area contributed by atoms with Crippen LogP contribution in [-0.2, 0) is 19.6 Å². The number of hydrogen-bond acceptors (Lipinski definition) is 5. The summed E-state index contributed by atoms with van der Waals surface area (Å²) < 4.78 is 30.8. The lowest BCUT2D eigenvalue weighted by molar-refractivity contribution is -0.144. The van der Waals surface area contributed by atoms with E-state index in [0.717, 1.165) is 0 Å². The molecule has 104 valence electrons. The lowest BCUT2D eigenvalue weighted by atomic mass is 10.2. The number of anilines is 1. The molecule has 0 amide bonds. The molecule has 1 saturated heterocycles. The Hall–Kier alpha value is -1.60. The molecule has 1 aliphatic rings. The van der Waals surface area contributed by atoms with E-state index in [1.807, 2.05) is 0 Å². The number of nitrogens with zero attached hydrogens (tertiary/aromatic N) is 1. The van der Waals surface area contributed by atoms with Gasteiger partial charge in [0.15, 0.2) is 0 Å². The molecule has 2 N–H and O–H groups in total. The Balaban J connectivity index is 2.33. The minimum Gasteiger partial charge on any atom is -0.468 e. The van der Waals surface area contributed by atoms with Gasteiger partial charge in [-0.2, -0.15) is 4.31 Å². The van der Waals surface area contributed by atoms with E-state index in [4.69, 9.17) is 5.73 Å². The fourth-order valence-electron chi connectivity index (χ4n) is 2.17. The summed E-state index contributed by atoms with van der Waals surface area (Å²) in [6, 6.07) is 5.20. The third kappa shape index (κ3) is 2.57. The first-order chi connectivity index (χ1) is 8.96. The van der Waals surface area contributed by atoms with Crippen LogP contribution >= 0.6 is 0 Å². The predicted octanol–water partition coefficient (Wildman–Crippen LogP) is 0.595. The van der Waals surface area contributed by atoms with Gasteiger partial charge >= 0.3 is 5.97 Å². The quantitative estimate of drug-likeness (QED) is 0.648. The molecule has 1 atom stereocenters. The summed E-state index contributed by atoms with van der Waals surface area (Å²) in [6.07, 6.45) is 1.13. The minimum atomic E-state index is -3.68. The highest BCUT2D eigenvalue weighted by Gasteiger charge is 2.39. The van der Waals surface area contributed by atoms with Gasteiger partial charge < -0.3 is 10.5 Å². The zero-order valence-electron chi connectivity index (χ0n) is 10.6. The monoisotopic (exact) mass is 284 g/mol. The van der Waals surface area contributed by atoms with Crippen LogP contribution in [0.2, 0.25) is 0 Å². The summed E-state index contributed by atoms with van der Waals surface area (Å²) in [6.45, 7) is 0.326. The second-order valence-electron chi connectivity index (χ2n) is 4.37. The van der Waals surface area contributed by atoms with Crippen LogP contribution in [0.5, 0.6) is 0 Å². The van der Waals surface area contributed by atoms with Gasteiger partial charge in [0.1, 0.15) is 6.04 Å². The highest BCUT2D eigenvalue weighted by Crippen LogP contribution is 2.27. The predicted molar refractivity (Wildman–Crippen MR) is 69.8 cm³/mol. The molecule has 0 radical (unpaired) electrons. The van der Waals surface area contributed by atoms with Crippen LogP contribution in [0.3, 0.4) is 0 Å². The first-order valence-electron chi connectivity index (χ1n) is 5.92. The molecule has 0 unspecified atom stereocenters. The van der Waals surface area contributed by atoms with Crippen molar-refractivity contribution >= 4 is 21.7 Å². The molecule has 0 saturated carbocycles. The Kier molecular flexibility index (Phi) is 3.77. The molecular formula is C12H16N2O4S. The van der Waals surface area contributed by atoms with Crippen molar-refractivity contribution in [2.24, 2.45) is 0 Å². The van der Waals surface area contributed by atoms with Gasteiger partial charge in [0.05, 0.1) is 12.0 Å². The molecule has 1 heterocycles. The van der Waals surface area contributed by atoms with Crippen molar-refractivity contribution in [3.05, 3.63) is 24.3 Å². The average molecular weight is 284 g/mol. The first-order valence-corrected chi connectivity index (χ1v) is 7.36. The highest BCUT2D eigenvalue weighted by atomic mass is 32.2. The van der Waals surface area contributed by atoms with Crippen molar-refractivity contribution in [1.29, 1.82) is 0 Å². The number of rotatable bonds is 3. The van der Waals surface area contributed by atoms with Crippen molar-refractivity contribution in [2.75, 3.05) is 19.4 Å². The van der Waals surface area contributed by atoms with E-state index >= 15 is 0 Å². The number of hydrogen-bond donors (Lipinski definition) is 1. The van der Waals surface area contributed by atoms with E-state index in [1.165, 1.54) is 35.7 Å². The van der Waals surface area contributed by atoms with Crippen LogP contribution in [0.4, 0.5) is 5.69 Å². The minimum absolute atomic E-state index is 0.137. The van der Waals surface area contributed by atoms with Gasteiger partial charge in [-0.1, -0.05) is 0 Å². The Morgan fingerprint density at radius 1 is 1.37 bits per heavy atom. The van der Waals surface area contributed by atoms with Crippen molar-refractivity contribution in [2.45, 2.75) is 23.8 Å². The number of sulfonamides is 1. The van der Waals surface area contributed by atoms with Crippen LogP contribution in [-0.4, -0.2) is 38.4 Å². The molecule has 0 bridgehead atoms. The van der Waals surface area contributed by atoms with Gasteiger partial charge in [-0.3, -0.25) is 4.79 Å². The third-order valence-electron chi connectivity index (χ3n) is 3.16. The van der Waals surface area contributed by atoms with Crippen LogP contribution in [0, 0.1) is 0 Å².